The zero-order chi connectivity index (χ0) is 17.3. The largest absolute Gasteiger partial charge is 0.416 e. The first-order valence-corrected chi connectivity index (χ1v) is 6.14. The lowest BCUT2D eigenvalue weighted by atomic mass is 9.96. The molecule has 23 heavy (non-hydrogen) atoms. The van der Waals surface area contributed by atoms with Crippen molar-refractivity contribution in [2.45, 2.75) is 18.4 Å². The van der Waals surface area contributed by atoms with E-state index in [1.54, 1.807) is 0 Å². The predicted octanol–water partition coefficient (Wildman–Crippen LogP) is 4.98. The van der Waals surface area contributed by atoms with Gasteiger partial charge in [0.05, 0.1) is 11.1 Å². The number of hydrogen-bond acceptors (Lipinski definition) is 3. The molecule has 1 aromatic carbocycles. The lowest BCUT2D eigenvalue weighted by Crippen LogP contribution is -2.13. The highest BCUT2D eigenvalue weighted by molar-refractivity contribution is 5.39. The van der Waals surface area contributed by atoms with Crippen molar-refractivity contribution in [2.75, 3.05) is 0 Å². The standard InChI is InChI=1S/C14H8F6N2O/c15-13(16,17)10-4-9(5-11(6-10)14(18,19)20)12(22-23)8-2-1-3-21-7-8/h1-7,12H. The molecular formula is C14H8F6N2O. The van der Waals surface area contributed by atoms with Crippen LogP contribution in [0.5, 0.6) is 0 Å². The number of nitrogens with zero attached hydrogens (tertiary/aromatic N) is 2. The minimum absolute atomic E-state index is 0.00535. The lowest BCUT2D eigenvalue weighted by Gasteiger charge is -2.16. The molecule has 0 amide bonds. The minimum atomic E-state index is -4.99. The van der Waals surface area contributed by atoms with Crippen LogP contribution in [0.4, 0.5) is 26.3 Å². The van der Waals surface area contributed by atoms with Crippen LogP contribution in [0.25, 0.3) is 0 Å². The number of aromatic nitrogens is 1. The average Bonchev–Trinajstić information content (AvgIpc) is 2.47. The van der Waals surface area contributed by atoms with E-state index in [4.69, 9.17) is 0 Å². The molecule has 9 heteroatoms. The third kappa shape index (κ3) is 3.85. The van der Waals surface area contributed by atoms with E-state index in [0.717, 1.165) is 6.20 Å². The van der Waals surface area contributed by atoms with Gasteiger partial charge in [-0.3, -0.25) is 4.98 Å². The smallest absolute Gasteiger partial charge is 0.264 e. The first-order valence-electron chi connectivity index (χ1n) is 6.14. The second-order valence-corrected chi connectivity index (χ2v) is 4.63. The maximum atomic E-state index is 12.8. The molecule has 0 radical (unpaired) electrons. The van der Waals surface area contributed by atoms with E-state index in [9.17, 15) is 31.2 Å². The second-order valence-electron chi connectivity index (χ2n) is 4.63. The van der Waals surface area contributed by atoms with E-state index >= 15 is 0 Å². The number of alkyl halides is 6. The van der Waals surface area contributed by atoms with Crippen LogP contribution in [0.2, 0.25) is 0 Å². The molecule has 3 nitrogen and oxygen atoms in total. The molecule has 2 rings (SSSR count). The molecule has 122 valence electrons. The zero-order valence-corrected chi connectivity index (χ0v) is 11.2. The van der Waals surface area contributed by atoms with Crippen molar-refractivity contribution in [1.82, 2.24) is 4.98 Å². The molecule has 0 N–H and O–H groups in total. The number of halogens is 6. The van der Waals surface area contributed by atoms with Crippen LogP contribution < -0.4 is 0 Å². The van der Waals surface area contributed by atoms with E-state index < -0.39 is 35.1 Å². The van der Waals surface area contributed by atoms with E-state index in [2.05, 4.69) is 10.2 Å². The number of nitroso groups, excluding NO2 is 1. The van der Waals surface area contributed by atoms with Gasteiger partial charge in [-0.1, -0.05) is 11.2 Å². The third-order valence-electron chi connectivity index (χ3n) is 3.03. The zero-order valence-electron chi connectivity index (χ0n) is 11.2. The summed E-state index contributed by atoms with van der Waals surface area (Å²) < 4.78 is 76.9. The van der Waals surface area contributed by atoms with Crippen molar-refractivity contribution < 1.29 is 26.3 Å². The van der Waals surface area contributed by atoms with Crippen LogP contribution >= 0.6 is 0 Å². The molecule has 0 aliphatic rings. The summed E-state index contributed by atoms with van der Waals surface area (Å²) in [4.78, 5) is 14.7. The molecule has 0 spiro atoms. The molecule has 1 atom stereocenters. The van der Waals surface area contributed by atoms with Gasteiger partial charge in [-0.2, -0.15) is 26.3 Å². The number of pyridine rings is 1. The van der Waals surface area contributed by atoms with Gasteiger partial charge in [-0.25, -0.2) is 0 Å². The van der Waals surface area contributed by atoms with Crippen LogP contribution in [0.15, 0.2) is 47.9 Å². The van der Waals surface area contributed by atoms with Crippen LogP contribution in [-0.4, -0.2) is 4.98 Å². The Morgan fingerprint density at radius 1 is 0.913 bits per heavy atom. The molecule has 0 saturated heterocycles. The Morgan fingerprint density at radius 3 is 1.87 bits per heavy atom. The van der Waals surface area contributed by atoms with Gasteiger partial charge in [0.2, 0.25) is 0 Å². The molecule has 0 aliphatic carbocycles. The molecule has 0 aliphatic heterocycles. The summed E-state index contributed by atoms with van der Waals surface area (Å²) in [6.07, 6.45) is -7.48. The summed E-state index contributed by atoms with van der Waals surface area (Å²) in [7, 11) is 0. The van der Waals surface area contributed by atoms with Gasteiger partial charge in [0, 0.05) is 18.0 Å². The quantitative estimate of drug-likeness (QED) is 0.587. The topological polar surface area (TPSA) is 42.3 Å². The average molecular weight is 334 g/mol. The van der Waals surface area contributed by atoms with Gasteiger partial charge >= 0.3 is 12.4 Å². The van der Waals surface area contributed by atoms with Crippen LogP contribution in [0, 0.1) is 4.91 Å². The summed E-state index contributed by atoms with van der Waals surface area (Å²) in [5.74, 6) is 0. The normalized spacial score (nSPS) is 13.7. The molecular weight excluding hydrogens is 326 g/mol. The summed E-state index contributed by atoms with van der Waals surface area (Å²) in [6.45, 7) is 0. The Labute approximate surface area is 125 Å². The molecule has 2 aromatic rings. The van der Waals surface area contributed by atoms with Gasteiger partial charge in [0.15, 0.2) is 0 Å². The van der Waals surface area contributed by atoms with E-state index in [1.165, 1.54) is 18.3 Å². The molecule has 0 bridgehead atoms. The fourth-order valence-electron chi connectivity index (χ4n) is 1.99. The number of rotatable bonds is 3. The van der Waals surface area contributed by atoms with E-state index in [-0.39, 0.29) is 11.6 Å². The Morgan fingerprint density at radius 2 is 1.48 bits per heavy atom. The van der Waals surface area contributed by atoms with Gasteiger partial charge in [0.1, 0.15) is 6.04 Å². The fourth-order valence-corrected chi connectivity index (χ4v) is 1.99. The second kappa shape index (κ2) is 5.98. The predicted molar refractivity (Wildman–Crippen MR) is 68.3 cm³/mol. The highest BCUT2D eigenvalue weighted by atomic mass is 19.4. The minimum Gasteiger partial charge on any atom is -0.264 e. The van der Waals surface area contributed by atoms with Crippen molar-refractivity contribution >= 4 is 0 Å². The summed E-state index contributed by atoms with van der Waals surface area (Å²) >= 11 is 0. The maximum absolute atomic E-state index is 12.8. The van der Waals surface area contributed by atoms with Crippen molar-refractivity contribution in [2.24, 2.45) is 5.18 Å². The molecule has 0 saturated carbocycles. The van der Waals surface area contributed by atoms with Crippen LogP contribution in [0.1, 0.15) is 28.3 Å². The third-order valence-corrected chi connectivity index (χ3v) is 3.03. The van der Waals surface area contributed by atoms with Gasteiger partial charge in [-0.15, -0.1) is 4.91 Å². The first kappa shape index (κ1) is 16.9. The van der Waals surface area contributed by atoms with Gasteiger partial charge < -0.3 is 0 Å². The molecule has 0 fully saturated rings. The SMILES string of the molecule is O=NC(c1cccnc1)c1cc(C(F)(F)F)cc(C(F)(F)F)c1. The van der Waals surface area contributed by atoms with Gasteiger partial charge in [-0.05, 0) is 29.8 Å². The molecule has 1 unspecified atom stereocenters. The monoisotopic (exact) mass is 334 g/mol. The van der Waals surface area contributed by atoms with Gasteiger partial charge in [0.25, 0.3) is 0 Å². The Balaban J connectivity index is 2.63. The first-order chi connectivity index (χ1) is 10.6. The van der Waals surface area contributed by atoms with E-state index in [1.807, 2.05) is 0 Å². The van der Waals surface area contributed by atoms with Crippen molar-refractivity contribution in [3.8, 4) is 0 Å². The Bertz CT molecular complexity index is 664. The van der Waals surface area contributed by atoms with Crippen molar-refractivity contribution in [3.05, 3.63) is 69.9 Å². The highest BCUT2D eigenvalue weighted by Gasteiger charge is 2.37. The Hall–Kier alpha value is -2.45. The number of hydrogen-bond donors (Lipinski definition) is 0. The highest BCUT2D eigenvalue weighted by Crippen LogP contribution is 2.39. The van der Waals surface area contributed by atoms with Crippen molar-refractivity contribution in [3.63, 3.8) is 0 Å². The van der Waals surface area contributed by atoms with Crippen LogP contribution in [0.3, 0.4) is 0 Å². The van der Waals surface area contributed by atoms with E-state index in [0.29, 0.717) is 12.1 Å². The Kier molecular flexibility index (Phi) is 4.39. The molecule has 1 aromatic heterocycles. The summed E-state index contributed by atoms with van der Waals surface area (Å²) in [6, 6.07) is 2.17. The van der Waals surface area contributed by atoms with Crippen molar-refractivity contribution in [1.29, 1.82) is 0 Å². The maximum Gasteiger partial charge on any atom is 0.416 e. The fraction of sp³-hybridized carbons (Fsp3) is 0.214. The molecule has 1 heterocycles. The number of benzene rings is 1. The van der Waals surface area contributed by atoms with Crippen LogP contribution in [-0.2, 0) is 12.4 Å². The summed E-state index contributed by atoms with van der Waals surface area (Å²) in [5, 5.41) is 2.65. The lowest BCUT2D eigenvalue weighted by molar-refractivity contribution is -0.143. The summed E-state index contributed by atoms with van der Waals surface area (Å²) in [5.41, 5.74) is -3.41.